The third-order valence-electron chi connectivity index (χ3n) is 3.59. The zero-order valence-corrected chi connectivity index (χ0v) is 14.4. The molecule has 0 radical (unpaired) electrons. The van der Waals surface area contributed by atoms with Gasteiger partial charge in [0.05, 0.1) is 24.2 Å². The number of pyridine rings is 1. The minimum Gasteiger partial charge on any atom is -0.471 e. The number of hydrogen-bond donors (Lipinski definition) is 0. The molecule has 1 aliphatic heterocycles. The maximum atomic E-state index is 12.5. The highest BCUT2D eigenvalue weighted by Gasteiger charge is 2.34. The van der Waals surface area contributed by atoms with Crippen molar-refractivity contribution in [1.82, 2.24) is 9.88 Å². The van der Waals surface area contributed by atoms with Crippen molar-refractivity contribution in [2.24, 2.45) is 0 Å². The molecular formula is C16H12F3IN2O2. The molecule has 1 amide bonds. The third kappa shape index (κ3) is 3.63. The van der Waals surface area contributed by atoms with E-state index in [-0.39, 0.29) is 17.9 Å². The lowest BCUT2D eigenvalue weighted by Gasteiger charge is -2.38. The Morgan fingerprint density at radius 1 is 1.21 bits per heavy atom. The number of rotatable bonds is 3. The summed E-state index contributed by atoms with van der Waals surface area (Å²) >= 11 is 2.10. The molecule has 4 nitrogen and oxygen atoms in total. The Balaban J connectivity index is 1.56. The minimum atomic E-state index is -4.42. The number of carbonyl (C=O) groups is 1. The topological polar surface area (TPSA) is 42.4 Å². The largest absolute Gasteiger partial charge is 0.471 e. The average molecular weight is 448 g/mol. The van der Waals surface area contributed by atoms with Gasteiger partial charge in [-0.2, -0.15) is 13.2 Å². The van der Waals surface area contributed by atoms with Gasteiger partial charge in [0, 0.05) is 15.8 Å². The van der Waals surface area contributed by atoms with Gasteiger partial charge in [-0.1, -0.05) is 12.1 Å². The van der Waals surface area contributed by atoms with Crippen LogP contribution in [0, 0.1) is 3.57 Å². The highest BCUT2D eigenvalue weighted by atomic mass is 127. The van der Waals surface area contributed by atoms with Crippen LogP contribution in [0.25, 0.3) is 0 Å². The summed E-state index contributed by atoms with van der Waals surface area (Å²) in [5.41, 5.74) is -0.192. The maximum absolute atomic E-state index is 12.5. The molecule has 24 heavy (non-hydrogen) atoms. The average Bonchev–Trinajstić information content (AvgIpc) is 2.50. The van der Waals surface area contributed by atoms with Crippen LogP contribution in [0.15, 0.2) is 42.6 Å². The van der Waals surface area contributed by atoms with E-state index >= 15 is 0 Å². The summed E-state index contributed by atoms with van der Waals surface area (Å²) in [5, 5.41) is 0. The number of alkyl halides is 3. The van der Waals surface area contributed by atoms with Crippen LogP contribution in [0.3, 0.4) is 0 Å². The second-order valence-electron chi connectivity index (χ2n) is 5.31. The van der Waals surface area contributed by atoms with Crippen LogP contribution < -0.4 is 4.74 Å². The zero-order chi connectivity index (χ0) is 17.3. The van der Waals surface area contributed by atoms with Crippen molar-refractivity contribution in [2.75, 3.05) is 13.1 Å². The highest BCUT2D eigenvalue weighted by molar-refractivity contribution is 14.1. The number of benzene rings is 1. The number of hydrogen-bond acceptors (Lipinski definition) is 3. The second-order valence-corrected chi connectivity index (χ2v) is 6.47. The molecule has 1 aromatic carbocycles. The van der Waals surface area contributed by atoms with Crippen LogP contribution in [-0.2, 0) is 6.18 Å². The number of halogens is 4. The van der Waals surface area contributed by atoms with Gasteiger partial charge < -0.3 is 9.64 Å². The Morgan fingerprint density at radius 3 is 2.50 bits per heavy atom. The van der Waals surface area contributed by atoms with Crippen molar-refractivity contribution >= 4 is 28.5 Å². The fourth-order valence-corrected chi connectivity index (χ4v) is 2.89. The summed E-state index contributed by atoms with van der Waals surface area (Å²) in [6.45, 7) is 0.763. The Bertz CT molecular complexity index is 744. The van der Waals surface area contributed by atoms with E-state index in [9.17, 15) is 18.0 Å². The smallest absolute Gasteiger partial charge is 0.417 e. The first kappa shape index (κ1) is 17.0. The number of nitrogens with zero attached hydrogens (tertiary/aromatic N) is 2. The molecule has 1 saturated heterocycles. The lowest BCUT2D eigenvalue weighted by molar-refractivity contribution is -0.137. The van der Waals surface area contributed by atoms with Crippen LogP contribution in [0.5, 0.6) is 5.88 Å². The molecular weight excluding hydrogens is 436 g/mol. The van der Waals surface area contributed by atoms with Crippen LogP contribution in [0.2, 0.25) is 0 Å². The lowest BCUT2D eigenvalue weighted by atomic mass is 10.1. The molecule has 0 aliphatic carbocycles. The van der Waals surface area contributed by atoms with Crippen molar-refractivity contribution in [2.45, 2.75) is 12.3 Å². The first-order chi connectivity index (χ1) is 11.3. The summed E-state index contributed by atoms with van der Waals surface area (Å²) in [6, 6.07) is 9.39. The molecule has 8 heteroatoms. The predicted octanol–water partition coefficient (Wildman–Crippen LogP) is 3.61. The fourth-order valence-electron chi connectivity index (χ4n) is 2.27. The summed E-state index contributed by atoms with van der Waals surface area (Å²) in [6.07, 6.45) is -3.94. The Hall–Kier alpha value is -1.84. The van der Waals surface area contributed by atoms with Crippen molar-refractivity contribution in [3.63, 3.8) is 0 Å². The van der Waals surface area contributed by atoms with E-state index in [1.165, 1.54) is 6.07 Å². The molecule has 0 bridgehead atoms. The number of likely N-dealkylation sites (tertiary alicyclic amines) is 1. The van der Waals surface area contributed by atoms with Gasteiger partial charge in [-0.25, -0.2) is 4.98 Å². The monoisotopic (exact) mass is 448 g/mol. The van der Waals surface area contributed by atoms with Crippen molar-refractivity contribution < 1.29 is 22.7 Å². The molecule has 0 saturated carbocycles. The summed E-state index contributed by atoms with van der Waals surface area (Å²) < 4.78 is 43.8. The molecule has 2 heterocycles. The number of aromatic nitrogens is 1. The molecule has 2 aromatic rings. The van der Waals surface area contributed by atoms with Gasteiger partial charge in [0.2, 0.25) is 5.88 Å². The first-order valence-electron chi connectivity index (χ1n) is 7.08. The number of amides is 1. The van der Waals surface area contributed by atoms with Gasteiger partial charge in [0.1, 0.15) is 6.10 Å². The zero-order valence-electron chi connectivity index (χ0n) is 12.3. The van der Waals surface area contributed by atoms with E-state index in [2.05, 4.69) is 27.6 Å². The molecule has 0 spiro atoms. The van der Waals surface area contributed by atoms with Gasteiger partial charge in [-0.15, -0.1) is 0 Å². The Labute approximate surface area is 149 Å². The van der Waals surface area contributed by atoms with E-state index < -0.39 is 11.7 Å². The predicted molar refractivity (Wildman–Crippen MR) is 88.7 cm³/mol. The molecule has 0 N–H and O–H groups in total. The van der Waals surface area contributed by atoms with Crippen molar-refractivity contribution in [3.8, 4) is 5.88 Å². The number of ether oxygens (including phenoxy) is 1. The lowest BCUT2D eigenvalue weighted by Crippen LogP contribution is -2.56. The van der Waals surface area contributed by atoms with Crippen LogP contribution in [-0.4, -0.2) is 35.0 Å². The Morgan fingerprint density at radius 2 is 1.92 bits per heavy atom. The van der Waals surface area contributed by atoms with E-state index in [1.54, 1.807) is 17.0 Å². The molecule has 126 valence electrons. The quantitative estimate of drug-likeness (QED) is 0.675. The highest BCUT2D eigenvalue weighted by Crippen LogP contribution is 2.29. The van der Waals surface area contributed by atoms with Gasteiger partial charge in [-0.05, 0) is 40.8 Å². The van der Waals surface area contributed by atoms with E-state index in [4.69, 9.17) is 4.74 Å². The minimum absolute atomic E-state index is 0.0831. The van der Waals surface area contributed by atoms with Crippen molar-refractivity contribution in [1.29, 1.82) is 0 Å². The van der Waals surface area contributed by atoms with Gasteiger partial charge in [-0.3, -0.25) is 4.79 Å². The van der Waals surface area contributed by atoms with Gasteiger partial charge in [0.25, 0.3) is 5.91 Å². The molecule has 1 aliphatic rings. The van der Waals surface area contributed by atoms with Crippen molar-refractivity contribution in [3.05, 3.63) is 57.3 Å². The molecule has 1 aromatic heterocycles. The first-order valence-corrected chi connectivity index (χ1v) is 8.16. The van der Waals surface area contributed by atoms with Crippen LogP contribution >= 0.6 is 22.6 Å². The normalized spacial score (nSPS) is 15.1. The standard InChI is InChI=1S/C16H12F3IN2O2/c17-16(18,19)10-5-6-14(21-7-10)24-11-8-22(9-11)15(23)12-3-1-2-4-13(12)20/h1-7,11H,8-9H2. The van der Waals surface area contributed by atoms with E-state index in [0.717, 1.165) is 15.8 Å². The fraction of sp³-hybridized carbons (Fsp3) is 0.250. The maximum Gasteiger partial charge on any atom is 0.417 e. The Kier molecular flexibility index (Phi) is 4.66. The van der Waals surface area contributed by atoms with E-state index in [1.807, 2.05) is 12.1 Å². The van der Waals surface area contributed by atoms with E-state index in [0.29, 0.717) is 18.7 Å². The molecule has 0 unspecified atom stereocenters. The molecule has 3 rings (SSSR count). The third-order valence-corrected chi connectivity index (χ3v) is 4.53. The molecule has 1 fully saturated rings. The summed E-state index contributed by atoms with van der Waals surface area (Å²) in [7, 11) is 0. The summed E-state index contributed by atoms with van der Waals surface area (Å²) in [5.74, 6) is 0.0367. The molecule has 0 atom stereocenters. The number of carbonyl (C=O) groups excluding carboxylic acids is 1. The van der Waals surface area contributed by atoms with Gasteiger partial charge in [0.15, 0.2) is 0 Å². The van der Waals surface area contributed by atoms with Gasteiger partial charge >= 0.3 is 6.18 Å². The van der Waals surface area contributed by atoms with Crippen LogP contribution in [0.1, 0.15) is 15.9 Å². The summed E-state index contributed by atoms with van der Waals surface area (Å²) in [4.78, 5) is 17.6. The van der Waals surface area contributed by atoms with Crippen LogP contribution in [0.4, 0.5) is 13.2 Å². The SMILES string of the molecule is O=C(c1ccccc1I)N1CC(Oc2ccc(C(F)(F)F)cn2)C1. The second kappa shape index (κ2) is 6.58.